The zero-order chi connectivity index (χ0) is 57.6. The van der Waals surface area contributed by atoms with Crippen molar-refractivity contribution in [2.45, 2.75) is 206 Å². The van der Waals surface area contributed by atoms with Crippen molar-refractivity contribution >= 4 is 17.9 Å². The van der Waals surface area contributed by atoms with E-state index in [1.54, 1.807) is 0 Å². The van der Waals surface area contributed by atoms with Crippen LogP contribution in [-0.4, -0.2) is 87.4 Å². The molecular formula is C70H110NO8+. The summed E-state index contributed by atoms with van der Waals surface area (Å²) in [7, 11) is 5.93. The van der Waals surface area contributed by atoms with E-state index in [0.717, 1.165) is 135 Å². The molecule has 0 aliphatic rings. The second-order valence-electron chi connectivity index (χ2n) is 20.5. The average Bonchev–Trinajstić information content (AvgIpc) is 3.42. The molecule has 2 unspecified atom stereocenters. The molecule has 0 amide bonds. The van der Waals surface area contributed by atoms with E-state index in [0.29, 0.717) is 17.4 Å². The standard InChI is InChI=1S/C70H109NO8/c1-6-8-10-12-14-16-18-20-22-24-26-28-29-30-31-32-33-34-35-36-37-38-39-41-43-45-47-49-51-53-55-57-59-61-68(73)79-66(65-78-70(69(74)75)76-63-62-71(3,4)5)64-77-67(72)60-58-56-54-52-50-48-46-44-42-40-27-25-23-21-19-17-15-13-11-9-7-2/h8-11,14-17,20-23,26-28,30-31,33-34,36-37,39-41,45,47,51,53,66,70H,6-7,12-13,18-19,24-25,29,32,35,38,42-44,46,48-50,52,54-65H2,1-5H3/p+1/b10-8-,11-9-,16-14-,17-15-,22-20-,23-21-,28-26-,31-30-,34-33-,37-36-,40-27-,41-39-,47-45-,53-51-. The van der Waals surface area contributed by atoms with E-state index in [-0.39, 0.29) is 38.6 Å². The minimum atomic E-state index is -1.54. The number of carboxylic acids is 1. The Labute approximate surface area is 482 Å². The van der Waals surface area contributed by atoms with Gasteiger partial charge in [-0.15, -0.1) is 0 Å². The number of carbonyl (C=O) groups is 3. The highest BCUT2D eigenvalue weighted by molar-refractivity contribution is 5.71. The number of esters is 2. The fraction of sp³-hybridized carbons (Fsp3) is 0.557. The average molecular weight is 1090 g/mol. The summed E-state index contributed by atoms with van der Waals surface area (Å²) in [6.07, 6.45) is 85.8. The molecule has 0 aromatic carbocycles. The molecule has 0 saturated heterocycles. The molecule has 0 aromatic rings. The van der Waals surface area contributed by atoms with Crippen LogP contribution in [0.25, 0.3) is 0 Å². The minimum absolute atomic E-state index is 0.167. The fourth-order valence-corrected chi connectivity index (χ4v) is 7.38. The highest BCUT2D eigenvalue weighted by Gasteiger charge is 2.25. The van der Waals surface area contributed by atoms with Crippen LogP contribution in [0.4, 0.5) is 0 Å². The van der Waals surface area contributed by atoms with Gasteiger partial charge in [0.1, 0.15) is 13.2 Å². The lowest BCUT2D eigenvalue weighted by Crippen LogP contribution is -2.40. The largest absolute Gasteiger partial charge is 0.477 e. The number of ether oxygens (including phenoxy) is 4. The monoisotopic (exact) mass is 1090 g/mol. The quantitative estimate of drug-likeness (QED) is 0.0211. The van der Waals surface area contributed by atoms with Crippen molar-refractivity contribution in [1.29, 1.82) is 0 Å². The van der Waals surface area contributed by atoms with Gasteiger partial charge in [-0.2, -0.15) is 0 Å². The third-order valence-electron chi connectivity index (χ3n) is 12.0. The maximum atomic E-state index is 12.9. The Morgan fingerprint density at radius 3 is 1.04 bits per heavy atom. The summed E-state index contributed by atoms with van der Waals surface area (Å²) in [5.74, 6) is -2.10. The van der Waals surface area contributed by atoms with Crippen LogP contribution in [0.5, 0.6) is 0 Å². The normalized spacial score (nSPS) is 14.0. The van der Waals surface area contributed by atoms with Gasteiger partial charge in [0.15, 0.2) is 6.10 Å². The summed E-state index contributed by atoms with van der Waals surface area (Å²) in [4.78, 5) is 37.5. The molecule has 0 saturated carbocycles. The number of rotatable bonds is 53. The molecule has 79 heavy (non-hydrogen) atoms. The predicted octanol–water partition coefficient (Wildman–Crippen LogP) is 18.3. The van der Waals surface area contributed by atoms with Gasteiger partial charge in [-0.1, -0.05) is 223 Å². The maximum absolute atomic E-state index is 12.9. The number of quaternary nitrogens is 1. The number of allylic oxidation sites excluding steroid dienone is 28. The van der Waals surface area contributed by atoms with Crippen molar-refractivity contribution in [2.24, 2.45) is 0 Å². The summed E-state index contributed by atoms with van der Waals surface area (Å²) in [5.41, 5.74) is 0. The smallest absolute Gasteiger partial charge is 0.361 e. The first kappa shape index (κ1) is 73.7. The number of aliphatic carboxylic acids is 1. The molecule has 0 bridgehead atoms. The SMILES string of the molecule is CC/C=C\C/C=C\C/C=C\C/C=C\C/C=C\C/C=C\C/C=C\C/C=C\C/C=C\C/C=C\CCCCC(=O)OC(COC(=O)CCCCCCCCCC/C=C\C/C=C\C/C=C\C/C=C\CC)COC(OCC[N+](C)(C)C)C(=O)O. The minimum Gasteiger partial charge on any atom is -0.477 e. The summed E-state index contributed by atoms with van der Waals surface area (Å²) < 4.78 is 22.8. The second kappa shape index (κ2) is 58.8. The molecule has 0 spiro atoms. The summed E-state index contributed by atoms with van der Waals surface area (Å²) in [6.45, 7) is 4.56. The lowest BCUT2D eigenvalue weighted by molar-refractivity contribution is -0.870. The van der Waals surface area contributed by atoms with Crippen molar-refractivity contribution in [2.75, 3.05) is 47.5 Å². The van der Waals surface area contributed by atoms with Crippen molar-refractivity contribution < 1.29 is 42.9 Å². The van der Waals surface area contributed by atoms with Gasteiger partial charge >= 0.3 is 17.9 Å². The van der Waals surface area contributed by atoms with E-state index in [2.05, 4.69) is 184 Å². The second-order valence-corrected chi connectivity index (χ2v) is 20.5. The van der Waals surface area contributed by atoms with Gasteiger partial charge < -0.3 is 28.5 Å². The molecule has 0 aliphatic carbocycles. The highest BCUT2D eigenvalue weighted by Crippen LogP contribution is 2.13. The van der Waals surface area contributed by atoms with Crippen LogP contribution in [0.2, 0.25) is 0 Å². The number of carboxylic acid groups (broad SMARTS) is 1. The van der Waals surface area contributed by atoms with Gasteiger partial charge in [0, 0.05) is 12.8 Å². The van der Waals surface area contributed by atoms with E-state index >= 15 is 0 Å². The van der Waals surface area contributed by atoms with E-state index in [9.17, 15) is 19.5 Å². The Kier molecular flexibility index (Phi) is 54.8. The molecule has 0 heterocycles. The van der Waals surface area contributed by atoms with Crippen LogP contribution in [0.1, 0.15) is 194 Å². The van der Waals surface area contributed by atoms with Crippen LogP contribution in [-0.2, 0) is 33.3 Å². The molecule has 0 fully saturated rings. The summed E-state index contributed by atoms with van der Waals surface area (Å²) in [6, 6.07) is 0. The Morgan fingerprint density at radius 1 is 0.380 bits per heavy atom. The Morgan fingerprint density at radius 2 is 0.684 bits per heavy atom. The third kappa shape index (κ3) is 60.1. The van der Waals surface area contributed by atoms with E-state index < -0.39 is 24.3 Å². The van der Waals surface area contributed by atoms with Gasteiger partial charge in [0.05, 0.1) is 34.4 Å². The van der Waals surface area contributed by atoms with E-state index in [4.69, 9.17) is 18.9 Å². The van der Waals surface area contributed by atoms with Crippen molar-refractivity contribution in [3.63, 3.8) is 0 Å². The van der Waals surface area contributed by atoms with Gasteiger partial charge in [0.25, 0.3) is 6.29 Å². The zero-order valence-corrected chi connectivity index (χ0v) is 50.2. The highest BCUT2D eigenvalue weighted by atomic mass is 16.7. The Bertz CT molecular complexity index is 1900. The van der Waals surface area contributed by atoms with Crippen molar-refractivity contribution in [3.05, 3.63) is 170 Å². The van der Waals surface area contributed by atoms with E-state index in [1.807, 2.05) is 21.1 Å². The fourth-order valence-electron chi connectivity index (χ4n) is 7.38. The maximum Gasteiger partial charge on any atom is 0.361 e. The number of hydrogen-bond acceptors (Lipinski definition) is 7. The first-order valence-electron chi connectivity index (χ1n) is 30.3. The van der Waals surface area contributed by atoms with Crippen molar-refractivity contribution in [3.8, 4) is 0 Å². The molecule has 0 radical (unpaired) electrons. The third-order valence-corrected chi connectivity index (χ3v) is 12.0. The molecule has 2 atom stereocenters. The van der Waals surface area contributed by atoms with E-state index in [1.165, 1.54) is 25.7 Å². The summed E-state index contributed by atoms with van der Waals surface area (Å²) in [5, 5.41) is 9.71. The number of hydrogen-bond donors (Lipinski definition) is 1. The number of unbranched alkanes of at least 4 members (excludes halogenated alkanes) is 10. The predicted molar refractivity (Wildman–Crippen MR) is 336 cm³/mol. The number of nitrogens with zero attached hydrogens (tertiary/aromatic N) is 1. The molecule has 442 valence electrons. The zero-order valence-electron chi connectivity index (χ0n) is 50.2. The first-order chi connectivity index (χ1) is 38.6. The molecule has 1 N–H and O–H groups in total. The Hall–Kier alpha value is -5.35. The molecule has 0 aromatic heterocycles. The first-order valence-corrected chi connectivity index (χ1v) is 30.3. The van der Waals surface area contributed by atoms with Crippen LogP contribution in [0.3, 0.4) is 0 Å². The molecule has 0 rings (SSSR count). The number of carbonyl (C=O) groups excluding carboxylic acids is 2. The summed E-state index contributed by atoms with van der Waals surface area (Å²) >= 11 is 0. The van der Waals surface area contributed by atoms with Gasteiger partial charge in [-0.25, -0.2) is 4.79 Å². The van der Waals surface area contributed by atoms with Crippen LogP contribution in [0, 0.1) is 0 Å². The van der Waals surface area contributed by atoms with Crippen LogP contribution in [0.15, 0.2) is 170 Å². The van der Waals surface area contributed by atoms with Gasteiger partial charge in [-0.3, -0.25) is 9.59 Å². The Balaban J connectivity index is 4.38. The molecule has 0 aliphatic heterocycles. The van der Waals surface area contributed by atoms with Crippen LogP contribution >= 0.6 is 0 Å². The van der Waals surface area contributed by atoms with Crippen LogP contribution < -0.4 is 0 Å². The topological polar surface area (TPSA) is 108 Å². The van der Waals surface area contributed by atoms with Gasteiger partial charge in [-0.05, 0) is 128 Å². The molecular weight excluding hydrogens is 983 g/mol. The molecule has 9 heteroatoms. The van der Waals surface area contributed by atoms with Gasteiger partial charge in [0.2, 0.25) is 0 Å². The van der Waals surface area contributed by atoms with Crippen molar-refractivity contribution in [1.82, 2.24) is 0 Å². The molecule has 9 nitrogen and oxygen atoms in total. The lowest BCUT2D eigenvalue weighted by atomic mass is 10.1. The number of likely N-dealkylation sites (N-methyl/N-ethyl adjacent to an activating group) is 1. The lowest BCUT2D eigenvalue weighted by Gasteiger charge is -2.25.